The van der Waals surface area contributed by atoms with Gasteiger partial charge in [-0.1, -0.05) is 47.5 Å². The number of rotatable bonds is 4. The Hall–Kier alpha value is -4.04. The van der Waals surface area contributed by atoms with Crippen LogP contribution in [0.4, 0.5) is 5.69 Å². The van der Waals surface area contributed by atoms with Gasteiger partial charge in [0.25, 0.3) is 5.78 Å². The van der Waals surface area contributed by atoms with Crippen LogP contribution in [0.15, 0.2) is 59.1 Å². The molecule has 5 aromatic rings. The van der Waals surface area contributed by atoms with Crippen molar-refractivity contribution in [3.63, 3.8) is 0 Å². The van der Waals surface area contributed by atoms with Crippen LogP contribution in [0.2, 0.25) is 0 Å². The Morgan fingerprint density at radius 3 is 2.33 bits per heavy atom. The third kappa shape index (κ3) is 3.54. The zero-order chi connectivity index (χ0) is 23.3. The summed E-state index contributed by atoms with van der Waals surface area (Å²) in [4.78, 5) is 19.1. The van der Waals surface area contributed by atoms with Gasteiger partial charge in [0.05, 0.1) is 16.7 Å². The van der Waals surface area contributed by atoms with Gasteiger partial charge in [0.15, 0.2) is 5.95 Å². The molecule has 0 aliphatic rings. The number of thiophene rings is 1. The first-order valence-corrected chi connectivity index (χ1v) is 11.1. The third-order valence-electron chi connectivity index (χ3n) is 5.55. The van der Waals surface area contributed by atoms with Crippen molar-refractivity contribution in [2.45, 2.75) is 20.8 Å². The molecule has 0 saturated heterocycles. The number of pyridine rings is 1. The molecule has 0 unspecified atom stereocenters. The number of nitrogens with two attached hydrogens (primary N) is 1. The summed E-state index contributed by atoms with van der Waals surface area (Å²) < 4.78 is 6.04. The Kier molecular flexibility index (Phi) is 4.94. The lowest BCUT2D eigenvalue weighted by Gasteiger charge is -2.06. The second-order valence-corrected chi connectivity index (χ2v) is 9.00. The molecule has 0 spiro atoms. The van der Waals surface area contributed by atoms with E-state index in [0.29, 0.717) is 21.6 Å². The van der Waals surface area contributed by atoms with E-state index < -0.39 is 11.7 Å². The molecule has 0 bridgehead atoms. The maximum Gasteiger partial charge on any atom is 0.312 e. The van der Waals surface area contributed by atoms with Crippen LogP contribution in [-0.2, 0) is 0 Å². The first-order valence-electron chi connectivity index (χ1n) is 10.3. The van der Waals surface area contributed by atoms with Crippen LogP contribution in [0.25, 0.3) is 27.2 Å². The van der Waals surface area contributed by atoms with E-state index in [0.717, 1.165) is 39.3 Å². The molecular weight excluding hydrogens is 436 g/mol. The topological polar surface area (TPSA) is 109 Å². The van der Waals surface area contributed by atoms with E-state index in [-0.39, 0.29) is 10.6 Å². The minimum Gasteiger partial charge on any atom is -0.539 e. The number of ketones is 1. The molecule has 2 N–H and O–H groups in total. The fourth-order valence-corrected chi connectivity index (χ4v) is 4.74. The molecule has 33 heavy (non-hydrogen) atoms. The molecule has 164 valence electrons. The smallest absolute Gasteiger partial charge is 0.312 e. The van der Waals surface area contributed by atoms with Gasteiger partial charge in [0.1, 0.15) is 9.71 Å². The predicted octanol–water partition coefficient (Wildman–Crippen LogP) is 4.04. The first kappa shape index (κ1) is 20.8. The van der Waals surface area contributed by atoms with Crippen LogP contribution < -0.4 is 15.5 Å². The Morgan fingerprint density at radius 1 is 1.03 bits per heavy atom. The van der Waals surface area contributed by atoms with Gasteiger partial charge in [0.2, 0.25) is 5.69 Å². The van der Waals surface area contributed by atoms with Gasteiger partial charge in [-0.05, 0) is 37.1 Å². The summed E-state index contributed by atoms with van der Waals surface area (Å²) in [6.07, 6.45) is 0. The SMILES string of the molecule is Cc1ccc(-c2nc3sc(C(=O)c4c([O-])on[n+]4-c4ccc(C)cc4)c(N)c3cc2C)cc1. The predicted molar refractivity (Wildman–Crippen MR) is 125 cm³/mol. The van der Waals surface area contributed by atoms with Gasteiger partial charge >= 0.3 is 5.69 Å². The van der Waals surface area contributed by atoms with Crippen LogP contribution in [0.5, 0.6) is 5.95 Å². The van der Waals surface area contributed by atoms with Gasteiger partial charge in [-0.25, -0.2) is 4.98 Å². The van der Waals surface area contributed by atoms with Crippen molar-refractivity contribution in [2.75, 3.05) is 5.73 Å². The van der Waals surface area contributed by atoms with Crippen molar-refractivity contribution in [3.8, 4) is 22.9 Å². The third-order valence-corrected chi connectivity index (χ3v) is 6.66. The summed E-state index contributed by atoms with van der Waals surface area (Å²) in [5.74, 6) is -1.36. The average Bonchev–Trinajstić information content (AvgIpc) is 3.34. The highest BCUT2D eigenvalue weighted by molar-refractivity contribution is 7.21. The number of carbonyl (C=O) groups is 1. The van der Waals surface area contributed by atoms with Crippen LogP contribution >= 0.6 is 11.3 Å². The standard InChI is InChI=1S/C25H20N4O3S/c1-13-4-8-16(9-5-13)20-15(3)12-18-19(26)23(33-24(18)27-20)22(30)21-25(31)32-28-29(21)17-10-6-14(2)7-11-17/h4-12H,1-3H3,(H2-,26,28,30,31). The summed E-state index contributed by atoms with van der Waals surface area (Å²) >= 11 is 1.16. The number of hydrogen-bond acceptors (Lipinski definition) is 7. The molecule has 2 aromatic carbocycles. The summed E-state index contributed by atoms with van der Waals surface area (Å²) in [6, 6.07) is 17.3. The number of aromatic nitrogens is 3. The monoisotopic (exact) mass is 456 g/mol. The Balaban J connectivity index is 1.62. The minimum atomic E-state index is -0.818. The van der Waals surface area contributed by atoms with E-state index in [1.807, 2.05) is 63.2 Å². The van der Waals surface area contributed by atoms with Crippen molar-refractivity contribution in [1.29, 1.82) is 0 Å². The fraction of sp³-hybridized carbons (Fsp3) is 0.120. The fourth-order valence-electron chi connectivity index (χ4n) is 3.72. The Bertz CT molecular complexity index is 1520. The molecule has 0 radical (unpaired) electrons. The number of anilines is 1. The van der Waals surface area contributed by atoms with E-state index in [4.69, 9.17) is 15.2 Å². The second-order valence-electron chi connectivity index (χ2n) is 8.00. The Labute approximate surface area is 193 Å². The van der Waals surface area contributed by atoms with E-state index in [9.17, 15) is 9.90 Å². The normalized spacial score (nSPS) is 11.2. The first-order chi connectivity index (χ1) is 15.8. The molecule has 3 heterocycles. The molecule has 0 amide bonds. The number of nitrogens with zero attached hydrogens (tertiary/aromatic N) is 3. The molecule has 0 fully saturated rings. The lowest BCUT2D eigenvalue weighted by molar-refractivity contribution is -0.672. The highest BCUT2D eigenvalue weighted by Crippen LogP contribution is 2.37. The lowest BCUT2D eigenvalue weighted by Crippen LogP contribution is -2.39. The molecular formula is C25H20N4O3S. The van der Waals surface area contributed by atoms with Crippen molar-refractivity contribution in [1.82, 2.24) is 10.3 Å². The molecule has 8 heteroatoms. The van der Waals surface area contributed by atoms with Gasteiger partial charge in [-0.3, -0.25) is 4.79 Å². The van der Waals surface area contributed by atoms with Crippen molar-refractivity contribution in [3.05, 3.63) is 81.9 Å². The number of carbonyl (C=O) groups excluding carboxylic acids is 1. The van der Waals surface area contributed by atoms with E-state index >= 15 is 0 Å². The number of nitrogen functional groups attached to an aromatic ring is 1. The van der Waals surface area contributed by atoms with E-state index in [2.05, 4.69) is 5.27 Å². The maximum absolute atomic E-state index is 13.4. The minimum absolute atomic E-state index is 0.201. The van der Waals surface area contributed by atoms with Crippen molar-refractivity contribution >= 4 is 33.0 Å². The van der Waals surface area contributed by atoms with Crippen LogP contribution in [0, 0.1) is 20.8 Å². The van der Waals surface area contributed by atoms with E-state index in [1.54, 1.807) is 12.1 Å². The number of aryl methyl sites for hydroxylation is 3. The number of fused-ring (bicyclic) bond motifs is 1. The van der Waals surface area contributed by atoms with Crippen molar-refractivity contribution < 1.29 is 19.1 Å². The van der Waals surface area contributed by atoms with Gasteiger partial charge in [-0.2, -0.15) is 0 Å². The summed E-state index contributed by atoms with van der Waals surface area (Å²) in [7, 11) is 0. The zero-order valence-corrected chi connectivity index (χ0v) is 19.1. The van der Waals surface area contributed by atoms with Gasteiger partial charge < -0.3 is 15.4 Å². The van der Waals surface area contributed by atoms with E-state index in [1.165, 1.54) is 4.68 Å². The van der Waals surface area contributed by atoms with Crippen LogP contribution in [-0.4, -0.2) is 16.0 Å². The largest absolute Gasteiger partial charge is 0.539 e. The second kappa shape index (κ2) is 7.83. The highest BCUT2D eigenvalue weighted by Gasteiger charge is 2.32. The molecule has 7 nitrogen and oxygen atoms in total. The Morgan fingerprint density at radius 2 is 1.67 bits per heavy atom. The molecule has 0 aliphatic heterocycles. The molecule has 5 rings (SSSR count). The molecule has 0 aliphatic carbocycles. The zero-order valence-electron chi connectivity index (χ0n) is 18.2. The molecule has 0 atom stereocenters. The average molecular weight is 457 g/mol. The summed E-state index contributed by atoms with van der Waals surface area (Å²) in [5.41, 5.74) is 12.0. The highest BCUT2D eigenvalue weighted by atomic mass is 32.1. The molecule has 3 aromatic heterocycles. The van der Waals surface area contributed by atoms with Crippen LogP contribution in [0.1, 0.15) is 32.1 Å². The number of hydrogen-bond donors (Lipinski definition) is 1. The summed E-state index contributed by atoms with van der Waals surface area (Å²) in [5, 5.41) is 16.9. The van der Waals surface area contributed by atoms with Crippen molar-refractivity contribution in [2.24, 2.45) is 0 Å². The van der Waals surface area contributed by atoms with Crippen LogP contribution in [0.3, 0.4) is 0 Å². The lowest BCUT2D eigenvalue weighted by atomic mass is 10.0. The van der Waals surface area contributed by atoms with Gasteiger partial charge in [-0.15, -0.1) is 11.3 Å². The quantitative estimate of drug-likeness (QED) is 0.323. The molecule has 0 saturated carbocycles. The summed E-state index contributed by atoms with van der Waals surface area (Å²) in [6.45, 7) is 5.93. The number of benzene rings is 2. The maximum atomic E-state index is 13.4. The van der Waals surface area contributed by atoms with Gasteiger partial charge in [0, 0.05) is 23.1 Å².